The molecule has 0 amide bonds. The summed E-state index contributed by atoms with van der Waals surface area (Å²) < 4.78 is 5.01. The fraction of sp³-hybridized carbons (Fsp3) is 0.933. The maximum atomic E-state index is 11.1. The maximum Gasteiger partial charge on any atom is 0.322 e. The van der Waals surface area contributed by atoms with Crippen molar-refractivity contribution in [2.75, 3.05) is 6.61 Å². The van der Waals surface area contributed by atoms with Crippen molar-refractivity contribution in [1.82, 2.24) is 0 Å². The summed E-state index contributed by atoms with van der Waals surface area (Å²) in [6.45, 7) is 4.43. The molecule has 0 heterocycles. The molecule has 0 aliphatic rings. The fourth-order valence-electron chi connectivity index (χ4n) is 1.89. The van der Waals surface area contributed by atoms with Gasteiger partial charge in [-0.1, -0.05) is 64.7 Å². The predicted octanol–water partition coefficient (Wildman–Crippen LogP) is 3.80. The summed E-state index contributed by atoms with van der Waals surface area (Å²) in [4.78, 5) is 11.1. The largest absolute Gasteiger partial charge is 0.465 e. The number of hydrogen-bond acceptors (Lipinski definition) is 3. The Labute approximate surface area is 112 Å². The standard InChI is InChI=1S/C15H31NO2/c1-3-4-5-6-7-8-9-10-11-12-13-18-15(17)14(2)16/h14H,3-13,16H2,1-2H3/t14-/m0/s1. The molecule has 0 bridgehead atoms. The molecule has 0 rings (SSSR count). The molecule has 0 fully saturated rings. The second-order valence-corrected chi connectivity index (χ2v) is 5.14. The highest BCUT2D eigenvalue weighted by molar-refractivity contribution is 5.74. The average molecular weight is 257 g/mol. The van der Waals surface area contributed by atoms with Gasteiger partial charge in [0.1, 0.15) is 6.04 Å². The first kappa shape index (κ1) is 17.4. The van der Waals surface area contributed by atoms with Gasteiger partial charge in [-0.15, -0.1) is 0 Å². The van der Waals surface area contributed by atoms with Crippen LogP contribution in [0.5, 0.6) is 0 Å². The Balaban J connectivity index is 3.05. The molecule has 0 radical (unpaired) electrons. The third kappa shape index (κ3) is 11.9. The Morgan fingerprint density at radius 3 is 1.83 bits per heavy atom. The number of hydrogen-bond donors (Lipinski definition) is 1. The van der Waals surface area contributed by atoms with Crippen LogP contribution in [0.2, 0.25) is 0 Å². The molecule has 108 valence electrons. The molecule has 0 aliphatic carbocycles. The molecule has 0 spiro atoms. The van der Waals surface area contributed by atoms with Gasteiger partial charge < -0.3 is 10.5 Å². The lowest BCUT2D eigenvalue weighted by Gasteiger charge is -2.06. The Bertz CT molecular complexity index is 193. The van der Waals surface area contributed by atoms with Crippen molar-refractivity contribution < 1.29 is 9.53 Å². The summed E-state index contributed by atoms with van der Waals surface area (Å²) in [5.41, 5.74) is 5.39. The molecular formula is C15H31NO2. The van der Waals surface area contributed by atoms with Crippen LogP contribution in [0.4, 0.5) is 0 Å². The normalized spacial score (nSPS) is 12.4. The van der Waals surface area contributed by atoms with E-state index in [2.05, 4.69) is 6.92 Å². The lowest BCUT2D eigenvalue weighted by Crippen LogP contribution is -2.28. The Morgan fingerprint density at radius 1 is 0.944 bits per heavy atom. The highest BCUT2D eigenvalue weighted by atomic mass is 16.5. The Morgan fingerprint density at radius 2 is 1.39 bits per heavy atom. The Kier molecular flexibility index (Phi) is 12.5. The molecule has 2 N–H and O–H groups in total. The molecular weight excluding hydrogens is 226 g/mol. The minimum Gasteiger partial charge on any atom is -0.465 e. The molecule has 0 saturated heterocycles. The van der Waals surface area contributed by atoms with Crippen molar-refractivity contribution in [2.45, 2.75) is 84.1 Å². The molecule has 3 nitrogen and oxygen atoms in total. The molecule has 0 aromatic rings. The number of carbonyl (C=O) groups excluding carboxylic acids is 1. The predicted molar refractivity (Wildman–Crippen MR) is 76.5 cm³/mol. The number of unbranched alkanes of at least 4 members (excludes halogenated alkanes) is 9. The third-order valence-electron chi connectivity index (χ3n) is 3.11. The van der Waals surface area contributed by atoms with E-state index in [0.29, 0.717) is 6.61 Å². The molecule has 18 heavy (non-hydrogen) atoms. The first-order valence-electron chi connectivity index (χ1n) is 7.60. The summed E-state index contributed by atoms with van der Waals surface area (Å²) in [6, 6.07) is -0.492. The van der Waals surface area contributed by atoms with E-state index in [1.54, 1.807) is 6.92 Å². The minimum atomic E-state index is -0.492. The zero-order chi connectivity index (χ0) is 13.6. The number of nitrogens with two attached hydrogens (primary N) is 1. The van der Waals surface area contributed by atoms with Gasteiger partial charge in [-0.25, -0.2) is 0 Å². The van der Waals surface area contributed by atoms with E-state index in [9.17, 15) is 4.79 Å². The minimum absolute atomic E-state index is 0.286. The zero-order valence-corrected chi connectivity index (χ0v) is 12.2. The van der Waals surface area contributed by atoms with Crippen molar-refractivity contribution in [2.24, 2.45) is 5.73 Å². The first-order valence-corrected chi connectivity index (χ1v) is 7.60. The third-order valence-corrected chi connectivity index (χ3v) is 3.11. The lowest BCUT2D eigenvalue weighted by atomic mass is 10.1. The highest BCUT2D eigenvalue weighted by Crippen LogP contribution is 2.10. The van der Waals surface area contributed by atoms with E-state index in [4.69, 9.17) is 10.5 Å². The quantitative estimate of drug-likeness (QED) is 0.427. The van der Waals surface area contributed by atoms with Crippen LogP contribution in [0.25, 0.3) is 0 Å². The van der Waals surface area contributed by atoms with Gasteiger partial charge in [-0.2, -0.15) is 0 Å². The van der Waals surface area contributed by atoms with E-state index in [-0.39, 0.29) is 5.97 Å². The molecule has 0 aliphatic heterocycles. The Hall–Kier alpha value is -0.570. The van der Waals surface area contributed by atoms with Crippen LogP contribution in [0.3, 0.4) is 0 Å². The SMILES string of the molecule is CCCCCCCCCCCCOC(=O)[C@H](C)N. The van der Waals surface area contributed by atoms with Crippen LogP contribution in [-0.4, -0.2) is 18.6 Å². The van der Waals surface area contributed by atoms with E-state index in [1.807, 2.05) is 0 Å². The van der Waals surface area contributed by atoms with Crippen LogP contribution in [0.1, 0.15) is 78.1 Å². The van der Waals surface area contributed by atoms with Crippen molar-refractivity contribution in [1.29, 1.82) is 0 Å². The summed E-state index contributed by atoms with van der Waals surface area (Å²) in [5.74, 6) is -0.286. The van der Waals surface area contributed by atoms with Gasteiger partial charge in [0, 0.05) is 0 Å². The van der Waals surface area contributed by atoms with E-state index >= 15 is 0 Å². The maximum absolute atomic E-state index is 11.1. The number of rotatable bonds is 12. The smallest absolute Gasteiger partial charge is 0.322 e. The van der Waals surface area contributed by atoms with Gasteiger partial charge in [0.2, 0.25) is 0 Å². The van der Waals surface area contributed by atoms with Gasteiger partial charge >= 0.3 is 5.97 Å². The summed E-state index contributed by atoms with van der Waals surface area (Å²) in [6.07, 6.45) is 12.9. The second kappa shape index (κ2) is 12.9. The van der Waals surface area contributed by atoms with Crippen LogP contribution >= 0.6 is 0 Å². The van der Waals surface area contributed by atoms with E-state index in [0.717, 1.165) is 12.8 Å². The highest BCUT2D eigenvalue weighted by Gasteiger charge is 2.07. The monoisotopic (exact) mass is 257 g/mol. The van der Waals surface area contributed by atoms with Crippen molar-refractivity contribution >= 4 is 5.97 Å². The molecule has 0 unspecified atom stereocenters. The van der Waals surface area contributed by atoms with Crippen molar-refractivity contribution in [3.63, 3.8) is 0 Å². The number of esters is 1. The molecule has 1 atom stereocenters. The van der Waals surface area contributed by atoms with Gasteiger partial charge in [0.15, 0.2) is 0 Å². The van der Waals surface area contributed by atoms with Crippen molar-refractivity contribution in [3.05, 3.63) is 0 Å². The first-order chi connectivity index (χ1) is 8.68. The van der Waals surface area contributed by atoms with Gasteiger partial charge in [-0.3, -0.25) is 4.79 Å². The molecule has 0 aromatic carbocycles. The average Bonchev–Trinajstić information content (AvgIpc) is 2.35. The van der Waals surface area contributed by atoms with Crippen molar-refractivity contribution in [3.8, 4) is 0 Å². The zero-order valence-electron chi connectivity index (χ0n) is 12.2. The molecule has 0 saturated carbocycles. The summed E-state index contributed by atoms with van der Waals surface area (Å²) in [5, 5.41) is 0. The van der Waals surface area contributed by atoms with Crippen LogP contribution in [0, 0.1) is 0 Å². The van der Waals surface area contributed by atoms with Gasteiger partial charge in [0.05, 0.1) is 6.61 Å². The van der Waals surface area contributed by atoms with E-state index in [1.165, 1.54) is 51.4 Å². The van der Waals surface area contributed by atoms with Gasteiger partial charge in [0.25, 0.3) is 0 Å². The van der Waals surface area contributed by atoms with Gasteiger partial charge in [-0.05, 0) is 13.3 Å². The summed E-state index contributed by atoms with van der Waals surface area (Å²) >= 11 is 0. The number of carbonyl (C=O) groups is 1. The molecule has 3 heteroatoms. The fourth-order valence-corrected chi connectivity index (χ4v) is 1.89. The van der Waals surface area contributed by atoms with Crippen LogP contribution in [-0.2, 0) is 9.53 Å². The lowest BCUT2D eigenvalue weighted by molar-refractivity contribution is -0.144. The second-order valence-electron chi connectivity index (χ2n) is 5.14. The van der Waals surface area contributed by atoms with Crippen LogP contribution < -0.4 is 5.73 Å². The number of ether oxygens (including phenoxy) is 1. The summed E-state index contributed by atoms with van der Waals surface area (Å²) in [7, 11) is 0. The van der Waals surface area contributed by atoms with E-state index < -0.39 is 6.04 Å². The molecule has 0 aromatic heterocycles. The van der Waals surface area contributed by atoms with Crippen LogP contribution in [0.15, 0.2) is 0 Å². The topological polar surface area (TPSA) is 52.3 Å².